The molecule has 5 nitrogen and oxygen atoms in total. The Morgan fingerprint density at radius 2 is 2.15 bits per heavy atom. The molecule has 0 aliphatic carbocycles. The molecular formula is C14H16BrN3O2. The summed E-state index contributed by atoms with van der Waals surface area (Å²) in [5.41, 5.74) is 2.01. The quantitative estimate of drug-likeness (QED) is 0.783. The van der Waals surface area contributed by atoms with Gasteiger partial charge in [-0.2, -0.15) is 5.10 Å². The smallest absolute Gasteiger partial charge is 0.270 e. The molecule has 1 heterocycles. The van der Waals surface area contributed by atoms with Crippen LogP contribution in [0.5, 0.6) is 0 Å². The molecule has 0 aliphatic rings. The van der Waals surface area contributed by atoms with Crippen LogP contribution >= 0.6 is 15.9 Å². The highest BCUT2D eigenvalue weighted by atomic mass is 79.9. The molecule has 0 spiro atoms. The van der Waals surface area contributed by atoms with E-state index >= 15 is 0 Å². The Balaban J connectivity index is 2.19. The van der Waals surface area contributed by atoms with Gasteiger partial charge >= 0.3 is 0 Å². The first-order chi connectivity index (χ1) is 9.63. The molecule has 1 aromatic carbocycles. The Kier molecular flexibility index (Phi) is 4.92. The number of hydrogen-bond acceptors (Lipinski definition) is 3. The zero-order valence-electron chi connectivity index (χ0n) is 11.1. The lowest BCUT2D eigenvalue weighted by Crippen LogP contribution is -2.33. The fourth-order valence-electron chi connectivity index (χ4n) is 1.83. The fraction of sp³-hybridized carbons (Fsp3) is 0.286. The summed E-state index contributed by atoms with van der Waals surface area (Å²) in [6.07, 6.45) is 0.517. The van der Waals surface area contributed by atoms with Crippen LogP contribution in [0.15, 0.2) is 34.8 Å². The van der Waals surface area contributed by atoms with Crippen molar-refractivity contribution in [2.45, 2.75) is 19.4 Å². The number of rotatable bonds is 5. The number of halogens is 1. The molecule has 0 aliphatic heterocycles. The van der Waals surface area contributed by atoms with E-state index in [9.17, 15) is 4.79 Å². The Labute approximate surface area is 125 Å². The number of H-pyrrole nitrogens is 1. The largest absolute Gasteiger partial charge is 0.396 e. The molecule has 2 rings (SSSR count). The van der Waals surface area contributed by atoms with Gasteiger partial charge in [-0.15, -0.1) is 0 Å². The summed E-state index contributed by atoms with van der Waals surface area (Å²) < 4.78 is 0.636. The predicted molar refractivity (Wildman–Crippen MR) is 80.4 cm³/mol. The maximum atomic E-state index is 12.1. The van der Waals surface area contributed by atoms with E-state index in [2.05, 4.69) is 31.4 Å². The normalized spacial score (nSPS) is 12.2. The van der Waals surface area contributed by atoms with Gasteiger partial charge in [0.05, 0.1) is 4.47 Å². The molecule has 0 fully saturated rings. The maximum Gasteiger partial charge on any atom is 0.270 e. The van der Waals surface area contributed by atoms with Gasteiger partial charge in [0.15, 0.2) is 0 Å². The minimum atomic E-state index is -0.243. The third kappa shape index (κ3) is 3.26. The molecule has 6 heteroatoms. The van der Waals surface area contributed by atoms with Gasteiger partial charge in [-0.1, -0.05) is 30.3 Å². The molecule has 106 valence electrons. The van der Waals surface area contributed by atoms with E-state index in [1.54, 1.807) is 0 Å². The van der Waals surface area contributed by atoms with Crippen LogP contribution in [0, 0.1) is 0 Å². The number of hydrogen-bond donors (Lipinski definition) is 3. The Bertz CT molecular complexity index is 583. The summed E-state index contributed by atoms with van der Waals surface area (Å²) in [6, 6.07) is 9.52. The number of carbonyl (C=O) groups is 1. The molecule has 0 saturated carbocycles. The molecule has 1 aromatic heterocycles. The molecule has 0 bridgehead atoms. The van der Waals surface area contributed by atoms with E-state index in [4.69, 9.17) is 5.11 Å². The van der Waals surface area contributed by atoms with Crippen molar-refractivity contribution < 1.29 is 9.90 Å². The molecule has 20 heavy (non-hydrogen) atoms. The highest BCUT2D eigenvalue weighted by Crippen LogP contribution is 2.28. The monoisotopic (exact) mass is 337 g/mol. The number of aromatic amines is 1. The topological polar surface area (TPSA) is 78.0 Å². The van der Waals surface area contributed by atoms with Gasteiger partial charge in [0.2, 0.25) is 0 Å². The van der Waals surface area contributed by atoms with Crippen LogP contribution < -0.4 is 5.32 Å². The van der Waals surface area contributed by atoms with Crippen molar-refractivity contribution in [3.05, 3.63) is 40.5 Å². The Morgan fingerprint density at radius 3 is 2.80 bits per heavy atom. The van der Waals surface area contributed by atoms with E-state index in [0.717, 1.165) is 5.56 Å². The summed E-state index contributed by atoms with van der Waals surface area (Å²) in [5, 5.41) is 18.6. The summed E-state index contributed by atoms with van der Waals surface area (Å²) in [7, 11) is 0. The van der Waals surface area contributed by atoms with E-state index in [-0.39, 0.29) is 18.6 Å². The van der Waals surface area contributed by atoms with Crippen molar-refractivity contribution in [1.29, 1.82) is 0 Å². The van der Waals surface area contributed by atoms with Gasteiger partial charge in [0, 0.05) is 18.2 Å². The van der Waals surface area contributed by atoms with Crippen LogP contribution in [-0.4, -0.2) is 33.9 Å². The fourth-order valence-corrected chi connectivity index (χ4v) is 2.41. The number of nitrogens with one attached hydrogen (secondary N) is 2. The average molecular weight is 338 g/mol. The van der Waals surface area contributed by atoms with Gasteiger partial charge < -0.3 is 10.4 Å². The SMILES string of the molecule is CC(CCO)NC(=O)c1[nH]nc(-c2ccccc2)c1Br. The maximum absolute atomic E-state index is 12.1. The number of benzene rings is 1. The van der Waals surface area contributed by atoms with Gasteiger partial charge in [-0.25, -0.2) is 0 Å². The van der Waals surface area contributed by atoms with E-state index in [1.165, 1.54) is 0 Å². The summed E-state index contributed by atoms with van der Waals surface area (Å²) in [6.45, 7) is 1.89. The number of aromatic nitrogens is 2. The third-order valence-electron chi connectivity index (χ3n) is 2.92. The predicted octanol–water partition coefficient (Wildman–Crippen LogP) is 2.34. The summed E-state index contributed by atoms with van der Waals surface area (Å²) in [5.74, 6) is -0.243. The minimum absolute atomic E-state index is 0.0425. The van der Waals surface area contributed by atoms with Crippen LogP contribution in [0.25, 0.3) is 11.3 Å². The summed E-state index contributed by atoms with van der Waals surface area (Å²) >= 11 is 3.41. The van der Waals surface area contributed by atoms with Crippen LogP contribution in [0.3, 0.4) is 0 Å². The van der Waals surface area contributed by atoms with Gasteiger partial charge in [-0.3, -0.25) is 9.89 Å². The van der Waals surface area contributed by atoms with E-state index in [0.29, 0.717) is 22.3 Å². The molecule has 2 aromatic rings. The van der Waals surface area contributed by atoms with Crippen molar-refractivity contribution in [2.24, 2.45) is 0 Å². The third-order valence-corrected chi connectivity index (χ3v) is 3.69. The minimum Gasteiger partial charge on any atom is -0.396 e. The van der Waals surface area contributed by atoms with Crippen molar-refractivity contribution in [3.63, 3.8) is 0 Å². The average Bonchev–Trinajstić information content (AvgIpc) is 2.82. The molecule has 3 N–H and O–H groups in total. The molecule has 1 atom stereocenters. The standard InChI is InChI=1S/C14H16BrN3O2/c1-9(7-8-19)16-14(20)13-11(15)12(17-18-13)10-5-3-2-4-6-10/h2-6,9,19H,7-8H2,1H3,(H,16,20)(H,17,18). The molecule has 0 radical (unpaired) electrons. The van der Waals surface area contributed by atoms with Crippen LogP contribution in [0.4, 0.5) is 0 Å². The lowest BCUT2D eigenvalue weighted by atomic mass is 10.1. The highest BCUT2D eigenvalue weighted by Gasteiger charge is 2.19. The number of aliphatic hydroxyl groups excluding tert-OH is 1. The highest BCUT2D eigenvalue weighted by molar-refractivity contribution is 9.10. The van der Waals surface area contributed by atoms with Crippen LogP contribution in [-0.2, 0) is 0 Å². The first kappa shape index (κ1) is 14.7. The Morgan fingerprint density at radius 1 is 1.45 bits per heavy atom. The number of amides is 1. The Hall–Kier alpha value is -1.66. The molecule has 1 amide bonds. The lowest BCUT2D eigenvalue weighted by molar-refractivity contribution is 0.0928. The number of aliphatic hydroxyl groups is 1. The molecular weight excluding hydrogens is 322 g/mol. The van der Waals surface area contributed by atoms with Gasteiger partial charge in [0.25, 0.3) is 5.91 Å². The van der Waals surface area contributed by atoms with Crippen LogP contribution in [0.1, 0.15) is 23.8 Å². The first-order valence-electron chi connectivity index (χ1n) is 6.34. The van der Waals surface area contributed by atoms with E-state index < -0.39 is 0 Å². The second kappa shape index (κ2) is 6.67. The zero-order valence-corrected chi connectivity index (χ0v) is 12.6. The van der Waals surface area contributed by atoms with Crippen LogP contribution in [0.2, 0.25) is 0 Å². The first-order valence-corrected chi connectivity index (χ1v) is 7.13. The van der Waals surface area contributed by atoms with Crippen molar-refractivity contribution in [3.8, 4) is 11.3 Å². The zero-order chi connectivity index (χ0) is 14.5. The van der Waals surface area contributed by atoms with Crippen molar-refractivity contribution >= 4 is 21.8 Å². The lowest BCUT2D eigenvalue weighted by Gasteiger charge is -2.11. The molecule has 1 unspecified atom stereocenters. The van der Waals surface area contributed by atoms with Gasteiger partial charge in [0.1, 0.15) is 11.4 Å². The second-order valence-electron chi connectivity index (χ2n) is 4.51. The van der Waals surface area contributed by atoms with Crippen molar-refractivity contribution in [1.82, 2.24) is 15.5 Å². The van der Waals surface area contributed by atoms with Gasteiger partial charge in [-0.05, 0) is 29.3 Å². The number of nitrogens with zero attached hydrogens (tertiary/aromatic N) is 1. The number of carbonyl (C=O) groups excluding carboxylic acids is 1. The van der Waals surface area contributed by atoms with Crippen molar-refractivity contribution in [2.75, 3.05) is 6.61 Å². The summed E-state index contributed by atoms with van der Waals surface area (Å²) in [4.78, 5) is 12.1. The molecule has 0 saturated heterocycles. The van der Waals surface area contributed by atoms with E-state index in [1.807, 2.05) is 37.3 Å². The second-order valence-corrected chi connectivity index (χ2v) is 5.31.